The molecule has 2 fully saturated rings. The smallest absolute Gasteiger partial charge is 0.271 e. The molecule has 6 heteroatoms. The lowest BCUT2D eigenvalue weighted by Crippen LogP contribution is -2.50. The van der Waals surface area contributed by atoms with Crippen LogP contribution in [0.2, 0.25) is 18.1 Å². The van der Waals surface area contributed by atoms with Crippen molar-refractivity contribution in [3.05, 3.63) is 11.7 Å². The molecule has 0 aromatic rings. The van der Waals surface area contributed by atoms with E-state index >= 15 is 0 Å². The topological polar surface area (TPSA) is 29.5 Å². The molecule has 2 aliphatic heterocycles. The van der Waals surface area contributed by atoms with Gasteiger partial charge in [0.15, 0.2) is 8.32 Å². The van der Waals surface area contributed by atoms with Crippen molar-refractivity contribution in [3.63, 3.8) is 0 Å². The molecule has 0 aromatic carbocycles. The zero-order valence-corrected chi connectivity index (χ0v) is 14.6. The lowest BCUT2D eigenvalue weighted by atomic mass is 9.94. The Morgan fingerprint density at radius 1 is 1.38 bits per heavy atom. The molecule has 1 unspecified atom stereocenters. The molecular weight excluding hydrogens is 292 g/mol. The fourth-order valence-corrected chi connectivity index (χ4v) is 3.88. The maximum absolute atomic E-state index is 12.9. The van der Waals surface area contributed by atoms with E-state index in [1.54, 1.807) is 4.90 Å². The van der Waals surface area contributed by atoms with Crippen molar-refractivity contribution in [1.29, 1.82) is 0 Å². The average molecular weight is 317 g/mol. The first-order valence-corrected chi connectivity index (χ1v) is 10.4. The number of rotatable bonds is 3. The normalized spacial score (nSPS) is 26.5. The van der Waals surface area contributed by atoms with Gasteiger partial charge in [-0.05, 0) is 24.6 Å². The van der Waals surface area contributed by atoms with Crippen molar-refractivity contribution in [2.45, 2.75) is 63.7 Å². The summed E-state index contributed by atoms with van der Waals surface area (Å²) in [4.78, 5) is 13.6. The fourth-order valence-electron chi connectivity index (χ4n) is 2.82. The number of halogens is 2. The SMILES string of the molecule is CC(C)(C)[Si](C)(C)OCC12CCC(=O)N1CC(=C(F)F)C2. The van der Waals surface area contributed by atoms with Gasteiger partial charge >= 0.3 is 0 Å². The molecule has 120 valence electrons. The van der Waals surface area contributed by atoms with Crippen LogP contribution in [-0.4, -0.2) is 37.8 Å². The van der Waals surface area contributed by atoms with Gasteiger partial charge in [0.1, 0.15) is 0 Å². The molecule has 0 spiro atoms. The van der Waals surface area contributed by atoms with Crippen LogP contribution in [0.25, 0.3) is 0 Å². The molecule has 0 saturated carbocycles. The van der Waals surface area contributed by atoms with Gasteiger partial charge < -0.3 is 9.33 Å². The summed E-state index contributed by atoms with van der Waals surface area (Å²) in [6, 6.07) is 0. The zero-order valence-electron chi connectivity index (χ0n) is 13.6. The average Bonchev–Trinajstić information content (AvgIpc) is 2.85. The van der Waals surface area contributed by atoms with Crippen LogP contribution in [0.5, 0.6) is 0 Å². The van der Waals surface area contributed by atoms with Crippen LogP contribution in [0.15, 0.2) is 11.7 Å². The summed E-state index contributed by atoms with van der Waals surface area (Å²) in [5.74, 6) is -0.0231. The molecule has 2 heterocycles. The van der Waals surface area contributed by atoms with E-state index < -0.39 is 19.9 Å². The monoisotopic (exact) mass is 317 g/mol. The van der Waals surface area contributed by atoms with Crippen molar-refractivity contribution in [2.75, 3.05) is 13.2 Å². The molecular formula is C15H25F2NO2Si. The highest BCUT2D eigenvalue weighted by Crippen LogP contribution is 2.45. The molecule has 0 aliphatic carbocycles. The van der Waals surface area contributed by atoms with Crippen LogP contribution >= 0.6 is 0 Å². The highest BCUT2D eigenvalue weighted by molar-refractivity contribution is 6.74. The van der Waals surface area contributed by atoms with Gasteiger partial charge in [0, 0.05) is 25.0 Å². The molecule has 0 radical (unpaired) electrons. The van der Waals surface area contributed by atoms with Crippen LogP contribution in [0.1, 0.15) is 40.0 Å². The lowest BCUT2D eigenvalue weighted by molar-refractivity contribution is -0.130. The first kappa shape index (κ1) is 16.6. The Hall–Kier alpha value is -0.753. The summed E-state index contributed by atoms with van der Waals surface area (Å²) >= 11 is 0. The van der Waals surface area contributed by atoms with Gasteiger partial charge in [0.2, 0.25) is 5.91 Å². The van der Waals surface area contributed by atoms with Crippen LogP contribution < -0.4 is 0 Å². The van der Waals surface area contributed by atoms with E-state index in [0.717, 1.165) is 0 Å². The summed E-state index contributed by atoms with van der Waals surface area (Å²) in [6.45, 7) is 11.2. The maximum Gasteiger partial charge on any atom is 0.271 e. The van der Waals surface area contributed by atoms with E-state index in [4.69, 9.17) is 4.43 Å². The minimum atomic E-state index is -1.95. The number of carbonyl (C=O) groups is 1. The molecule has 3 nitrogen and oxygen atoms in total. The van der Waals surface area contributed by atoms with E-state index in [9.17, 15) is 13.6 Å². The molecule has 2 saturated heterocycles. The fraction of sp³-hybridized carbons (Fsp3) is 0.800. The summed E-state index contributed by atoms with van der Waals surface area (Å²) in [5.41, 5.74) is -0.437. The van der Waals surface area contributed by atoms with E-state index in [-0.39, 0.29) is 29.5 Å². The van der Waals surface area contributed by atoms with E-state index in [1.165, 1.54) is 0 Å². The molecule has 2 rings (SSSR count). The summed E-state index contributed by atoms with van der Waals surface area (Å²) in [6.07, 6.45) is -0.307. The molecule has 0 aromatic heterocycles. The summed E-state index contributed by atoms with van der Waals surface area (Å²) in [5, 5.41) is 0.0691. The van der Waals surface area contributed by atoms with Gasteiger partial charge in [0.25, 0.3) is 6.08 Å². The summed E-state index contributed by atoms with van der Waals surface area (Å²) in [7, 11) is -1.95. The Morgan fingerprint density at radius 2 is 2.00 bits per heavy atom. The predicted molar refractivity (Wildman–Crippen MR) is 80.7 cm³/mol. The maximum atomic E-state index is 12.9. The van der Waals surface area contributed by atoms with Crippen molar-refractivity contribution in [1.82, 2.24) is 4.90 Å². The van der Waals surface area contributed by atoms with Crippen molar-refractivity contribution >= 4 is 14.2 Å². The Kier molecular flexibility index (Phi) is 4.08. The zero-order chi connectivity index (χ0) is 16.1. The number of nitrogens with zero attached hydrogens (tertiary/aromatic N) is 1. The Morgan fingerprint density at radius 3 is 2.52 bits per heavy atom. The van der Waals surface area contributed by atoms with Gasteiger partial charge in [-0.1, -0.05) is 20.8 Å². The number of carbonyl (C=O) groups excluding carboxylic acids is 1. The third kappa shape index (κ3) is 2.92. The molecule has 1 atom stereocenters. The molecule has 0 bridgehead atoms. The number of fused-ring (bicyclic) bond motifs is 1. The van der Waals surface area contributed by atoms with Crippen LogP contribution in [0.4, 0.5) is 8.78 Å². The standard InChI is InChI=1S/C15H25F2NO2Si/c1-14(2,3)21(4,5)20-10-15-7-6-12(19)18(15)9-11(8-15)13(16)17/h6-10H2,1-5H3. The van der Waals surface area contributed by atoms with Gasteiger partial charge in [-0.2, -0.15) is 8.78 Å². The quantitative estimate of drug-likeness (QED) is 0.738. The van der Waals surface area contributed by atoms with E-state index in [2.05, 4.69) is 33.9 Å². The predicted octanol–water partition coefficient (Wildman–Crippen LogP) is 3.92. The van der Waals surface area contributed by atoms with E-state index in [0.29, 0.717) is 19.4 Å². The Bertz CT molecular complexity index is 481. The largest absolute Gasteiger partial charge is 0.414 e. The van der Waals surface area contributed by atoms with E-state index in [1.807, 2.05) is 0 Å². The Labute approximate surface area is 126 Å². The highest BCUT2D eigenvalue weighted by Gasteiger charge is 2.52. The summed E-state index contributed by atoms with van der Waals surface area (Å²) < 4.78 is 32.1. The second kappa shape index (κ2) is 5.16. The molecule has 21 heavy (non-hydrogen) atoms. The Balaban J connectivity index is 2.18. The second-order valence-electron chi connectivity index (χ2n) is 7.79. The molecule has 0 N–H and O–H groups in total. The third-order valence-electron chi connectivity index (χ3n) is 5.34. The van der Waals surface area contributed by atoms with Crippen LogP contribution in [0, 0.1) is 0 Å². The minimum Gasteiger partial charge on any atom is -0.414 e. The number of hydrogen-bond acceptors (Lipinski definition) is 2. The van der Waals surface area contributed by atoms with Crippen LogP contribution in [-0.2, 0) is 9.22 Å². The first-order valence-electron chi connectivity index (χ1n) is 7.46. The van der Waals surface area contributed by atoms with Crippen molar-refractivity contribution in [2.24, 2.45) is 0 Å². The highest BCUT2D eigenvalue weighted by atomic mass is 28.4. The molecule has 1 amide bonds. The van der Waals surface area contributed by atoms with Crippen molar-refractivity contribution in [3.8, 4) is 0 Å². The van der Waals surface area contributed by atoms with Gasteiger partial charge in [-0.25, -0.2) is 0 Å². The number of amides is 1. The van der Waals surface area contributed by atoms with Crippen LogP contribution in [0.3, 0.4) is 0 Å². The first-order chi connectivity index (χ1) is 9.48. The molecule has 2 aliphatic rings. The van der Waals surface area contributed by atoms with Crippen molar-refractivity contribution < 1.29 is 18.0 Å². The second-order valence-corrected chi connectivity index (χ2v) is 12.6. The lowest BCUT2D eigenvalue weighted by Gasteiger charge is -2.40. The van der Waals surface area contributed by atoms with Gasteiger partial charge in [0.05, 0.1) is 12.1 Å². The minimum absolute atomic E-state index is 0.0231. The van der Waals surface area contributed by atoms with Gasteiger partial charge in [-0.15, -0.1) is 0 Å². The van der Waals surface area contributed by atoms with Gasteiger partial charge in [-0.3, -0.25) is 4.79 Å². The number of hydrogen-bond donors (Lipinski definition) is 0. The third-order valence-corrected chi connectivity index (χ3v) is 9.82.